The van der Waals surface area contributed by atoms with E-state index in [2.05, 4.69) is 6.58 Å². The van der Waals surface area contributed by atoms with Gasteiger partial charge in [-0.15, -0.1) is 0 Å². The molecule has 0 spiro atoms. The second kappa shape index (κ2) is 6.23. The first kappa shape index (κ1) is 12.7. The highest BCUT2D eigenvalue weighted by atomic mass is 16.3. The summed E-state index contributed by atoms with van der Waals surface area (Å²) >= 11 is 0. The Hall–Kier alpha value is -1.41. The van der Waals surface area contributed by atoms with Gasteiger partial charge < -0.3 is 5.11 Å². The maximum Gasteiger partial charge on any atom is 0.160 e. The molecule has 0 bridgehead atoms. The first-order valence-electron chi connectivity index (χ1n) is 5.50. The topological polar surface area (TPSA) is 37.3 Å². The highest BCUT2D eigenvalue weighted by Crippen LogP contribution is 2.09. The highest BCUT2D eigenvalue weighted by molar-refractivity contribution is 5.94. The van der Waals surface area contributed by atoms with Crippen LogP contribution in [0.25, 0.3) is 0 Å². The van der Waals surface area contributed by atoms with E-state index in [9.17, 15) is 9.90 Å². The van der Waals surface area contributed by atoms with E-state index in [1.807, 2.05) is 30.3 Å². The smallest absolute Gasteiger partial charge is 0.160 e. The van der Waals surface area contributed by atoms with Crippen LogP contribution in [0, 0.1) is 0 Å². The summed E-state index contributed by atoms with van der Waals surface area (Å²) in [7, 11) is 0. The van der Waals surface area contributed by atoms with E-state index in [-0.39, 0.29) is 12.2 Å². The standard InChI is InChI=1S/C14H18O2/c1-11(2)14(16)10-13(15)9-8-12-6-4-3-5-7-12/h3-7,13,15H,1,8-10H2,2H3. The van der Waals surface area contributed by atoms with Gasteiger partial charge in [-0.3, -0.25) is 4.79 Å². The molecule has 0 radical (unpaired) electrons. The third kappa shape index (κ3) is 4.41. The van der Waals surface area contributed by atoms with Crippen LogP contribution in [-0.2, 0) is 11.2 Å². The molecule has 0 fully saturated rings. The molecule has 0 aliphatic carbocycles. The molecule has 0 amide bonds. The highest BCUT2D eigenvalue weighted by Gasteiger charge is 2.11. The van der Waals surface area contributed by atoms with Crippen molar-refractivity contribution in [3.05, 3.63) is 48.0 Å². The van der Waals surface area contributed by atoms with Crippen LogP contribution in [0.4, 0.5) is 0 Å². The fourth-order valence-electron chi connectivity index (χ4n) is 1.47. The zero-order valence-electron chi connectivity index (χ0n) is 9.65. The average Bonchev–Trinajstić information content (AvgIpc) is 2.27. The SMILES string of the molecule is C=C(C)C(=O)CC(O)CCc1ccccc1. The molecule has 2 heteroatoms. The lowest BCUT2D eigenvalue weighted by Gasteiger charge is -2.09. The summed E-state index contributed by atoms with van der Waals surface area (Å²) < 4.78 is 0. The van der Waals surface area contributed by atoms with Crippen LogP contribution < -0.4 is 0 Å². The number of rotatable bonds is 6. The Labute approximate surface area is 96.6 Å². The Morgan fingerprint density at radius 3 is 2.56 bits per heavy atom. The molecule has 2 nitrogen and oxygen atoms in total. The van der Waals surface area contributed by atoms with Crippen molar-refractivity contribution in [1.29, 1.82) is 0 Å². The van der Waals surface area contributed by atoms with Crippen molar-refractivity contribution in [2.45, 2.75) is 32.3 Å². The molecular weight excluding hydrogens is 200 g/mol. The van der Waals surface area contributed by atoms with Crippen molar-refractivity contribution in [1.82, 2.24) is 0 Å². The maximum atomic E-state index is 11.3. The minimum atomic E-state index is -0.565. The molecule has 16 heavy (non-hydrogen) atoms. The lowest BCUT2D eigenvalue weighted by molar-refractivity contribution is -0.117. The van der Waals surface area contributed by atoms with Gasteiger partial charge in [-0.05, 0) is 30.9 Å². The molecule has 86 valence electrons. The molecule has 0 saturated heterocycles. The first-order valence-corrected chi connectivity index (χ1v) is 5.50. The van der Waals surface area contributed by atoms with Crippen molar-refractivity contribution in [2.75, 3.05) is 0 Å². The summed E-state index contributed by atoms with van der Waals surface area (Å²) in [5, 5.41) is 9.67. The summed E-state index contributed by atoms with van der Waals surface area (Å²) in [5.74, 6) is -0.0550. The van der Waals surface area contributed by atoms with Crippen LogP contribution in [0.15, 0.2) is 42.5 Å². The molecule has 0 heterocycles. The number of Topliss-reactive ketones (excluding diaryl/α,β-unsaturated/α-hetero) is 1. The zero-order valence-corrected chi connectivity index (χ0v) is 9.65. The number of hydrogen-bond donors (Lipinski definition) is 1. The Bertz CT molecular complexity index is 354. The van der Waals surface area contributed by atoms with Crippen LogP contribution in [0.3, 0.4) is 0 Å². The number of carbonyl (C=O) groups excluding carboxylic acids is 1. The largest absolute Gasteiger partial charge is 0.393 e. The van der Waals surface area contributed by atoms with Crippen molar-refractivity contribution in [3.8, 4) is 0 Å². The van der Waals surface area contributed by atoms with Crippen LogP contribution in [0.1, 0.15) is 25.3 Å². The third-order valence-corrected chi connectivity index (χ3v) is 2.51. The third-order valence-electron chi connectivity index (χ3n) is 2.51. The minimum Gasteiger partial charge on any atom is -0.393 e. The average molecular weight is 218 g/mol. The molecule has 0 aromatic heterocycles. The summed E-state index contributed by atoms with van der Waals surface area (Å²) in [4.78, 5) is 11.3. The minimum absolute atomic E-state index is 0.0550. The number of carbonyl (C=O) groups is 1. The summed E-state index contributed by atoms with van der Waals surface area (Å²) in [6, 6.07) is 9.95. The predicted octanol–water partition coefficient (Wildman–Crippen LogP) is 2.52. The number of aliphatic hydroxyl groups excluding tert-OH is 1. The fraction of sp³-hybridized carbons (Fsp3) is 0.357. The molecular formula is C14H18O2. The van der Waals surface area contributed by atoms with Gasteiger partial charge in [0.05, 0.1) is 6.10 Å². The van der Waals surface area contributed by atoms with Crippen molar-refractivity contribution >= 4 is 5.78 Å². The zero-order chi connectivity index (χ0) is 12.0. The van der Waals surface area contributed by atoms with E-state index in [0.717, 1.165) is 6.42 Å². The van der Waals surface area contributed by atoms with Gasteiger partial charge in [0.1, 0.15) is 0 Å². The molecule has 1 atom stereocenters. The maximum absolute atomic E-state index is 11.3. The molecule has 1 unspecified atom stereocenters. The number of ketones is 1. The molecule has 1 rings (SSSR count). The molecule has 1 aromatic rings. The molecule has 0 aliphatic heterocycles. The normalized spacial score (nSPS) is 12.1. The van der Waals surface area contributed by atoms with Gasteiger partial charge in [0.2, 0.25) is 0 Å². The molecule has 0 aliphatic rings. The number of hydrogen-bond acceptors (Lipinski definition) is 2. The van der Waals surface area contributed by atoms with E-state index < -0.39 is 6.10 Å². The predicted molar refractivity (Wildman–Crippen MR) is 65.2 cm³/mol. The van der Waals surface area contributed by atoms with Crippen molar-refractivity contribution < 1.29 is 9.90 Å². The van der Waals surface area contributed by atoms with E-state index in [1.165, 1.54) is 5.56 Å². The summed E-state index contributed by atoms with van der Waals surface area (Å²) in [5.41, 5.74) is 1.70. The van der Waals surface area contributed by atoms with Crippen molar-refractivity contribution in [3.63, 3.8) is 0 Å². The fourth-order valence-corrected chi connectivity index (χ4v) is 1.47. The van der Waals surface area contributed by atoms with Gasteiger partial charge in [-0.25, -0.2) is 0 Å². The number of aliphatic hydroxyl groups is 1. The monoisotopic (exact) mass is 218 g/mol. The Morgan fingerprint density at radius 1 is 1.38 bits per heavy atom. The summed E-state index contributed by atoms with van der Waals surface area (Å²) in [6.45, 7) is 5.24. The van der Waals surface area contributed by atoms with Gasteiger partial charge in [0.15, 0.2) is 5.78 Å². The van der Waals surface area contributed by atoms with Crippen LogP contribution >= 0.6 is 0 Å². The second-order valence-corrected chi connectivity index (χ2v) is 4.09. The molecule has 0 saturated carbocycles. The van der Waals surface area contributed by atoms with E-state index in [1.54, 1.807) is 6.92 Å². The van der Waals surface area contributed by atoms with Gasteiger partial charge >= 0.3 is 0 Å². The molecule has 1 N–H and O–H groups in total. The van der Waals surface area contributed by atoms with Gasteiger partial charge in [0, 0.05) is 6.42 Å². The molecule has 1 aromatic carbocycles. The number of benzene rings is 1. The lowest BCUT2D eigenvalue weighted by Crippen LogP contribution is -2.14. The number of allylic oxidation sites excluding steroid dienone is 1. The van der Waals surface area contributed by atoms with Gasteiger partial charge in [0.25, 0.3) is 0 Å². The van der Waals surface area contributed by atoms with Crippen LogP contribution in [-0.4, -0.2) is 17.0 Å². The Balaban J connectivity index is 2.33. The van der Waals surface area contributed by atoms with Crippen LogP contribution in [0.2, 0.25) is 0 Å². The van der Waals surface area contributed by atoms with Crippen LogP contribution in [0.5, 0.6) is 0 Å². The Kier molecular flexibility index (Phi) is 4.93. The van der Waals surface area contributed by atoms with Gasteiger partial charge in [-0.1, -0.05) is 36.9 Å². The van der Waals surface area contributed by atoms with E-state index in [4.69, 9.17) is 0 Å². The van der Waals surface area contributed by atoms with Gasteiger partial charge in [-0.2, -0.15) is 0 Å². The quantitative estimate of drug-likeness (QED) is 0.745. The van der Waals surface area contributed by atoms with Crippen molar-refractivity contribution in [2.24, 2.45) is 0 Å². The first-order chi connectivity index (χ1) is 7.59. The second-order valence-electron chi connectivity index (χ2n) is 4.09. The Morgan fingerprint density at radius 2 is 2.00 bits per heavy atom. The lowest BCUT2D eigenvalue weighted by atomic mass is 10.0. The van der Waals surface area contributed by atoms with E-state index >= 15 is 0 Å². The summed E-state index contributed by atoms with van der Waals surface area (Å²) in [6.07, 6.45) is 1.03. The van der Waals surface area contributed by atoms with E-state index in [0.29, 0.717) is 12.0 Å². The number of aryl methyl sites for hydroxylation is 1.